The zero-order valence-electron chi connectivity index (χ0n) is 15.8. The van der Waals surface area contributed by atoms with Gasteiger partial charge in [-0.15, -0.1) is 0 Å². The number of amides is 1. The summed E-state index contributed by atoms with van der Waals surface area (Å²) in [6.07, 6.45) is 4.82. The van der Waals surface area contributed by atoms with Gasteiger partial charge in [0.1, 0.15) is 5.60 Å². The van der Waals surface area contributed by atoms with Crippen LogP contribution in [0.25, 0.3) is 17.0 Å². The third-order valence-corrected chi connectivity index (χ3v) is 4.56. The number of nitrogens with zero attached hydrogens (tertiary/aromatic N) is 3. The summed E-state index contributed by atoms with van der Waals surface area (Å²) in [5.41, 5.74) is 2.32. The Morgan fingerprint density at radius 1 is 1.38 bits per heavy atom. The first-order valence-electron chi connectivity index (χ1n) is 9.03. The molecule has 0 aliphatic carbocycles. The van der Waals surface area contributed by atoms with Gasteiger partial charge in [-0.3, -0.25) is 0 Å². The van der Waals surface area contributed by atoms with E-state index in [1.807, 2.05) is 39.0 Å². The van der Waals surface area contributed by atoms with Gasteiger partial charge in [0.05, 0.1) is 17.7 Å². The van der Waals surface area contributed by atoms with E-state index in [0.717, 1.165) is 36.1 Å². The lowest BCUT2D eigenvalue weighted by Gasteiger charge is -2.39. The van der Waals surface area contributed by atoms with Crippen molar-refractivity contribution in [3.05, 3.63) is 41.6 Å². The molecule has 0 spiro atoms. The van der Waals surface area contributed by atoms with E-state index in [1.165, 1.54) is 0 Å². The van der Waals surface area contributed by atoms with Crippen LogP contribution < -0.4 is 0 Å². The number of rotatable bonds is 3. The molecule has 1 atom stereocenters. The molecular weight excluding hydrogens is 326 g/mol. The summed E-state index contributed by atoms with van der Waals surface area (Å²) in [7, 11) is 0. The maximum atomic E-state index is 12.2. The molecule has 5 nitrogen and oxygen atoms in total. The normalized spacial score (nSPS) is 17.3. The number of carbonyl (C=O) groups is 1. The van der Waals surface area contributed by atoms with E-state index < -0.39 is 5.60 Å². The topological polar surface area (TPSA) is 58.3 Å². The van der Waals surface area contributed by atoms with Crippen LogP contribution in [-0.2, 0) is 11.3 Å². The largest absolute Gasteiger partial charge is 0.444 e. The van der Waals surface area contributed by atoms with Crippen LogP contribution in [0.15, 0.2) is 30.3 Å². The molecule has 5 heteroatoms. The quantitative estimate of drug-likeness (QED) is 0.815. The molecule has 1 aromatic heterocycles. The first kappa shape index (κ1) is 18.1. The maximum Gasteiger partial charge on any atom is 0.410 e. The summed E-state index contributed by atoms with van der Waals surface area (Å²) in [5, 5.41) is 10.2. The van der Waals surface area contributed by atoms with Crippen LogP contribution in [0.5, 0.6) is 0 Å². The second-order valence-corrected chi connectivity index (χ2v) is 7.59. The first-order chi connectivity index (χ1) is 12.3. The number of ether oxygens (including phenoxy) is 1. The molecular formula is C21H25N3O2. The highest BCUT2D eigenvalue weighted by molar-refractivity contribution is 5.85. The third kappa shape index (κ3) is 3.60. The Balaban J connectivity index is 1.80. The monoisotopic (exact) mass is 351 g/mol. The average molecular weight is 351 g/mol. The summed E-state index contributed by atoms with van der Waals surface area (Å²) < 4.78 is 7.64. The molecule has 1 saturated heterocycles. The lowest BCUT2D eigenvalue weighted by molar-refractivity contribution is 0.00292. The van der Waals surface area contributed by atoms with Gasteiger partial charge < -0.3 is 14.2 Å². The summed E-state index contributed by atoms with van der Waals surface area (Å²) in [6.45, 7) is 9.27. The Morgan fingerprint density at radius 3 is 2.73 bits per heavy atom. The van der Waals surface area contributed by atoms with Crippen molar-refractivity contribution < 1.29 is 9.53 Å². The summed E-state index contributed by atoms with van der Waals surface area (Å²) >= 11 is 0. The van der Waals surface area contributed by atoms with E-state index in [0.29, 0.717) is 5.56 Å². The summed E-state index contributed by atoms with van der Waals surface area (Å²) in [4.78, 5) is 14.0. The molecule has 136 valence electrons. The maximum absolute atomic E-state index is 12.2. The van der Waals surface area contributed by atoms with E-state index in [4.69, 9.17) is 10.00 Å². The van der Waals surface area contributed by atoms with Crippen molar-refractivity contribution in [2.24, 2.45) is 0 Å². The SMILES string of the molecule is CCn1c(C=C[C@@H]2CCN2C(=O)OC(C)(C)C)cc2ccc(C#N)cc21. The Labute approximate surface area is 154 Å². The number of benzene rings is 1. The van der Waals surface area contributed by atoms with E-state index >= 15 is 0 Å². The van der Waals surface area contributed by atoms with Crippen molar-refractivity contribution in [3.63, 3.8) is 0 Å². The number of hydrogen-bond donors (Lipinski definition) is 0. The number of nitriles is 1. The fraction of sp³-hybridized carbons (Fsp3) is 0.429. The molecule has 2 heterocycles. The minimum absolute atomic E-state index is 0.0721. The fourth-order valence-corrected chi connectivity index (χ4v) is 3.20. The molecule has 3 rings (SSSR count). The molecule has 0 N–H and O–H groups in total. The number of hydrogen-bond acceptors (Lipinski definition) is 3. The third-order valence-electron chi connectivity index (χ3n) is 4.56. The zero-order chi connectivity index (χ0) is 18.9. The van der Waals surface area contributed by atoms with Gasteiger partial charge in [0.2, 0.25) is 0 Å². The van der Waals surface area contributed by atoms with Gasteiger partial charge in [0.25, 0.3) is 0 Å². The molecule has 0 saturated carbocycles. The van der Waals surface area contributed by atoms with Gasteiger partial charge in [-0.2, -0.15) is 5.26 Å². The molecule has 1 aliphatic heterocycles. The number of aryl methyl sites for hydroxylation is 1. The predicted octanol–water partition coefficient (Wildman–Crippen LogP) is 4.56. The minimum Gasteiger partial charge on any atom is -0.444 e. The molecule has 1 aliphatic rings. The van der Waals surface area contributed by atoms with Crippen molar-refractivity contribution in [1.29, 1.82) is 5.26 Å². The highest BCUT2D eigenvalue weighted by atomic mass is 16.6. The van der Waals surface area contributed by atoms with Gasteiger partial charge in [-0.25, -0.2) is 4.79 Å². The first-order valence-corrected chi connectivity index (χ1v) is 9.03. The summed E-state index contributed by atoms with van der Waals surface area (Å²) in [6, 6.07) is 10.1. The molecule has 1 aromatic carbocycles. The van der Waals surface area contributed by atoms with Crippen LogP contribution in [0.1, 0.15) is 45.4 Å². The minimum atomic E-state index is -0.478. The Hall–Kier alpha value is -2.74. The molecule has 1 fully saturated rings. The molecule has 0 bridgehead atoms. The molecule has 26 heavy (non-hydrogen) atoms. The van der Waals surface area contributed by atoms with Crippen molar-refractivity contribution in [2.75, 3.05) is 6.54 Å². The van der Waals surface area contributed by atoms with Crippen LogP contribution in [0.2, 0.25) is 0 Å². The molecule has 1 amide bonds. The Bertz CT molecular complexity index is 896. The van der Waals surface area contributed by atoms with Crippen LogP contribution >= 0.6 is 0 Å². The van der Waals surface area contributed by atoms with Gasteiger partial charge in [-0.1, -0.05) is 12.1 Å². The van der Waals surface area contributed by atoms with E-state index in [-0.39, 0.29) is 12.1 Å². The second kappa shape index (κ2) is 6.87. The smallest absolute Gasteiger partial charge is 0.410 e. The number of fused-ring (bicyclic) bond motifs is 1. The van der Waals surface area contributed by atoms with Gasteiger partial charge in [0.15, 0.2) is 0 Å². The van der Waals surface area contributed by atoms with Crippen LogP contribution in [0.3, 0.4) is 0 Å². The standard InChI is InChI=1S/C21H25N3O2/c1-5-23-18(13-16-7-6-15(14-22)12-19(16)23)9-8-17-10-11-24(17)20(25)26-21(2,3)4/h6-9,12-13,17H,5,10-11H2,1-4H3/t17-/m1/s1. The van der Waals surface area contributed by atoms with Gasteiger partial charge >= 0.3 is 6.09 Å². The highest BCUT2D eigenvalue weighted by Gasteiger charge is 2.33. The van der Waals surface area contributed by atoms with Crippen LogP contribution in [0.4, 0.5) is 4.79 Å². The number of likely N-dealkylation sites (tertiary alicyclic amines) is 1. The average Bonchev–Trinajstić information content (AvgIpc) is 2.88. The number of aromatic nitrogens is 1. The van der Waals surface area contributed by atoms with E-state index in [1.54, 1.807) is 4.90 Å². The lowest BCUT2D eigenvalue weighted by atomic mass is 10.0. The van der Waals surface area contributed by atoms with E-state index in [9.17, 15) is 4.79 Å². The fourth-order valence-electron chi connectivity index (χ4n) is 3.20. The summed E-state index contributed by atoms with van der Waals surface area (Å²) in [5.74, 6) is 0. The van der Waals surface area contributed by atoms with Crippen molar-refractivity contribution in [3.8, 4) is 6.07 Å². The van der Waals surface area contributed by atoms with Crippen LogP contribution in [-0.4, -0.2) is 33.7 Å². The lowest BCUT2D eigenvalue weighted by Crippen LogP contribution is -2.51. The predicted molar refractivity (Wildman–Crippen MR) is 103 cm³/mol. The van der Waals surface area contributed by atoms with Gasteiger partial charge in [-0.05, 0) is 58.4 Å². The number of carbonyl (C=O) groups excluding carboxylic acids is 1. The Morgan fingerprint density at radius 2 is 2.15 bits per heavy atom. The molecule has 0 radical (unpaired) electrons. The molecule has 2 aromatic rings. The van der Waals surface area contributed by atoms with E-state index in [2.05, 4.69) is 35.8 Å². The van der Waals surface area contributed by atoms with Gasteiger partial charge in [0, 0.05) is 29.7 Å². The van der Waals surface area contributed by atoms with Crippen molar-refractivity contribution in [1.82, 2.24) is 9.47 Å². The Kier molecular flexibility index (Phi) is 4.78. The van der Waals surface area contributed by atoms with Crippen molar-refractivity contribution >= 4 is 23.1 Å². The highest BCUT2D eigenvalue weighted by Crippen LogP contribution is 2.25. The second-order valence-electron chi connectivity index (χ2n) is 7.59. The van der Waals surface area contributed by atoms with Crippen LogP contribution in [0, 0.1) is 11.3 Å². The zero-order valence-corrected chi connectivity index (χ0v) is 15.8. The van der Waals surface area contributed by atoms with Crippen molar-refractivity contribution in [2.45, 2.75) is 52.3 Å². The molecule has 0 unspecified atom stereocenters.